The van der Waals surface area contributed by atoms with Gasteiger partial charge in [0.2, 0.25) is 5.91 Å². The molecule has 0 unspecified atom stereocenters. The van der Waals surface area contributed by atoms with Crippen LogP contribution in [0.2, 0.25) is 0 Å². The first kappa shape index (κ1) is 17.7. The maximum atomic E-state index is 12.4. The van der Waals surface area contributed by atoms with Crippen molar-refractivity contribution in [1.82, 2.24) is 9.97 Å². The summed E-state index contributed by atoms with van der Waals surface area (Å²) in [7, 11) is 3.53. The first-order valence-corrected chi connectivity index (χ1v) is 8.25. The summed E-state index contributed by atoms with van der Waals surface area (Å²) in [6.45, 7) is 1.95. The Hall–Kier alpha value is -3.16. The number of carbonyl (C=O) groups is 2. The van der Waals surface area contributed by atoms with Crippen LogP contribution in [0.25, 0.3) is 0 Å². The number of aromatic nitrogens is 2. The van der Waals surface area contributed by atoms with Crippen LogP contribution in [-0.2, 0) is 11.2 Å². The molecule has 0 aliphatic carbocycles. The minimum absolute atomic E-state index is 0.000698. The predicted octanol–water partition coefficient (Wildman–Crippen LogP) is 1.66. The van der Waals surface area contributed by atoms with Crippen LogP contribution in [0.5, 0.6) is 5.75 Å². The zero-order valence-corrected chi connectivity index (χ0v) is 14.8. The number of anilines is 2. The Morgan fingerprint density at radius 2 is 2.04 bits per heavy atom. The summed E-state index contributed by atoms with van der Waals surface area (Å²) in [5.74, 6) is -0.0759. The van der Waals surface area contributed by atoms with E-state index in [9.17, 15) is 14.7 Å². The van der Waals surface area contributed by atoms with E-state index in [1.165, 1.54) is 12.1 Å². The molecule has 136 valence electrons. The van der Waals surface area contributed by atoms with E-state index in [0.717, 1.165) is 0 Å². The summed E-state index contributed by atoms with van der Waals surface area (Å²) in [6.07, 6.45) is 2.51. The second kappa shape index (κ2) is 6.62. The minimum atomic E-state index is -1.10. The Bertz CT molecular complexity index is 883. The van der Waals surface area contributed by atoms with E-state index in [1.54, 1.807) is 24.2 Å². The van der Waals surface area contributed by atoms with Crippen LogP contribution in [0.1, 0.15) is 35.1 Å². The highest BCUT2D eigenvalue weighted by atomic mass is 16.4. The lowest BCUT2D eigenvalue weighted by Gasteiger charge is -2.38. The van der Waals surface area contributed by atoms with Crippen LogP contribution in [0.15, 0.2) is 24.4 Å². The van der Waals surface area contributed by atoms with Crippen molar-refractivity contribution < 1.29 is 19.8 Å². The van der Waals surface area contributed by atoms with Crippen molar-refractivity contribution in [2.24, 2.45) is 0 Å². The average Bonchev–Trinajstić information content (AvgIpc) is 2.62. The molecule has 2 N–H and O–H groups in total. The predicted molar refractivity (Wildman–Crippen MR) is 95.8 cm³/mol. The molecule has 0 bridgehead atoms. The Morgan fingerprint density at radius 1 is 1.31 bits per heavy atom. The number of likely N-dealkylation sites (N-methyl/N-ethyl adjacent to an activating group) is 2. The highest BCUT2D eigenvalue weighted by Gasteiger charge is 2.34. The number of phenols is 1. The number of hydrogen-bond acceptors (Lipinski definition) is 6. The normalized spacial score (nSPS) is 16.6. The molecule has 1 amide bonds. The van der Waals surface area contributed by atoms with Crippen LogP contribution < -0.4 is 9.80 Å². The molecule has 0 saturated carbocycles. The summed E-state index contributed by atoms with van der Waals surface area (Å²) < 4.78 is 0. The van der Waals surface area contributed by atoms with Gasteiger partial charge in [-0.25, -0.2) is 14.8 Å². The van der Waals surface area contributed by atoms with Crippen LogP contribution in [0.3, 0.4) is 0 Å². The average molecular weight is 356 g/mol. The molecule has 8 heteroatoms. The van der Waals surface area contributed by atoms with Crippen LogP contribution in [-0.4, -0.2) is 52.2 Å². The van der Waals surface area contributed by atoms with Crippen LogP contribution >= 0.6 is 0 Å². The molecule has 2 aromatic rings. The fourth-order valence-corrected chi connectivity index (χ4v) is 3.10. The highest BCUT2D eigenvalue weighted by molar-refractivity contribution is 6.04. The molecular weight excluding hydrogens is 336 g/mol. The smallest absolute Gasteiger partial charge is 0.335 e. The fraction of sp³-hybridized carbons (Fsp3) is 0.333. The number of nitrogens with zero attached hydrogens (tertiary/aromatic N) is 4. The van der Waals surface area contributed by atoms with Gasteiger partial charge in [-0.3, -0.25) is 4.79 Å². The molecule has 0 saturated heterocycles. The van der Waals surface area contributed by atoms with Crippen molar-refractivity contribution in [2.75, 3.05) is 23.9 Å². The molecular formula is C18H20N4O4. The van der Waals surface area contributed by atoms with Gasteiger partial charge in [0.15, 0.2) is 5.82 Å². The lowest BCUT2D eigenvalue weighted by molar-refractivity contribution is -0.119. The quantitative estimate of drug-likeness (QED) is 0.858. The Balaban J connectivity index is 1.94. The number of amides is 1. The van der Waals surface area contributed by atoms with E-state index >= 15 is 0 Å². The van der Waals surface area contributed by atoms with Gasteiger partial charge in [-0.05, 0) is 18.6 Å². The van der Waals surface area contributed by atoms with Crippen LogP contribution in [0.4, 0.5) is 11.5 Å². The first-order valence-electron chi connectivity index (χ1n) is 8.25. The van der Waals surface area contributed by atoms with E-state index in [2.05, 4.69) is 9.97 Å². The van der Waals surface area contributed by atoms with E-state index in [1.807, 2.05) is 18.9 Å². The molecule has 3 rings (SSSR count). The second-order valence-electron chi connectivity index (χ2n) is 6.25. The maximum Gasteiger partial charge on any atom is 0.335 e. The van der Waals surface area contributed by atoms with Crippen molar-refractivity contribution in [1.29, 1.82) is 0 Å². The van der Waals surface area contributed by atoms with E-state index in [-0.39, 0.29) is 29.7 Å². The molecule has 0 fully saturated rings. The van der Waals surface area contributed by atoms with Gasteiger partial charge in [0.25, 0.3) is 0 Å². The summed E-state index contributed by atoms with van der Waals surface area (Å²) >= 11 is 0. The van der Waals surface area contributed by atoms with Gasteiger partial charge < -0.3 is 20.0 Å². The van der Waals surface area contributed by atoms with Gasteiger partial charge in [0.05, 0.1) is 11.8 Å². The van der Waals surface area contributed by atoms with Gasteiger partial charge in [-0.2, -0.15) is 0 Å². The number of hydrogen-bond donors (Lipinski definition) is 2. The standard InChI is InChI=1S/C18H20N4O4/c1-4-12-17(24)22(3)13-9-19-15(20-16(13)21(12)2)8-10-5-6-11(18(25)26)7-14(10)23/h5-7,9,12,23H,4,8H2,1-3H3,(H,25,26)/t12-/m0/s1. The third kappa shape index (κ3) is 2.94. The SMILES string of the molecule is CC[C@H]1C(=O)N(C)c2cnc(Cc3ccc(C(=O)O)cc3O)nc2N1C. The molecule has 26 heavy (non-hydrogen) atoms. The largest absolute Gasteiger partial charge is 0.508 e. The maximum absolute atomic E-state index is 12.4. The molecule has 1 aromatic carbocycles. The molecule has 8 nitrogen and oxygen atoms in total. The van der Waals surface area contributed by atoms with Gasteiger partial charge in [0.1, 0.15) is 23.3 Å². The lowest BCUT2D eigenvalue weighted by atomic mass is 10.1. The fourth-order valence-electron chi connectivity index (χ4n) is 3.10. The number of aromatic carboxylic acids is 1. The number of phenolic OH excluding ortho intramolecular Hbond substituents is 1. The zero-order valence-electron chi connectivity index (χ0n) is 14.8. The Labute approximate surface area is 150 Å². The molecule has 0 spiro atoms. The summed E-state index contributed by atoms with van der Waals surface area (Å²) in [5.41, 5.74) is 1.18. The number of carboxylic acid groups (broad SMARTS) is 1. The van der Waals surface area contributed by atoms with Crippen molar-refractivity contribution >= 4 is 23.4 Å². The van der Waals surface area contributed by atoms with Gasteiger partial charge in [-0.15, -0.1) is 0 Å². The number of carbonyl (C=O) groups excluding carboxylic acids is 1. The summed E-state index contributed by atoms with van der Waals surface area (Å²) in [6, 6.07) is 3.91. The monoisotopic (exact) mass is 356 g/mol. The Morgan fingerprint density at radius 3 is 2.65 bits per heavy atom. The van der Waals surface area contributed by atoms with E-state index in [4.69, 9.17) is 5.11 Å². The van der Waals surface area contributed by atoms with Crippen molar-refractivity contribution in [3.05, 3.63) is 41.3 Å². The molecule has 1 aliphatic rings. The molecule has 1 aliphatic heterocycles. The van der Waals surface area contributed by atoms with E-state index in [0.29, 0.717) is 29.3 Å². The number of aromatic hydroxyl groups is 1. The van der Waals surface area contributed by atoms with Gasteiger partial charge in [0, 0.05) is 26.1 Å². The second-order valence-corrected chi connectivity index (χ2v) is 6.25. The van der Waals surface area contributed by atoms with Crippen molar-refractivity contribution in [3.63, 3.8) is 0 Å². The van der Waals surface area contributed by atoms with Crippen molar-refractivity contribution in [2.45, 2.75) is 25.8 Å². The lowest BCUT2D eigenvalue weighted by Crippen LogP contribution is -2.50. The van der Waals surface area contributed by atoms with Gasteiger partial charge >= 0.3 is 5.97 Å². The number of rotatable bonds is 4. The van der Waals surface area contributed by atoms with Crippen LogP contribution in [0, 0.1) is 0 Å². The number of benzene rings is 1. The highest BCUT2D eigenvalue weighted by Crippen LogP contribution is 2.33. The van der Waals surface area contributed by atoms with Crippen molar-refractivity contribution in [3.8, 4) is 5.75 Å². The number of carboxylic acids is 1. The third-order valence-electron chi connectivity index (χ3n) is 4.65. The summed E-state index contributed by atoms with van der Waals surface area (Å²) in [4.78, 5) is 35.6. The third-order valence-corrected chi connectivity index (χ3v) is 4.65. The summed E-state index contributed by atoms with van der Waals surface area (Å²) in [5, 5.41) is 19.0. The molecule has 1 aromatic heterocycles. The Kier molecular flexibility index (Phi) is 4.50. The van der Waals surface area contributed by atoms with Gasteiger partial charge in [-0.1, -0.05) is 13.0 Å². The number of fused-ring (bicyclic) bond motifs is 1. The first-order chi connectivity index (χ1) is 12.3. The minimum Gasteiger partial charge on any atom is -0.508 e. The molecule has 1 atom stereocenters. The topological polar surface area (TPSA) is 107 Å². The zero-order chi connectivity index (χ0) is 19.0. The molecule has 2 heterocycles. The molecule has 0 radical (unpaired) electrons. The van der Waals surface area contributed by atoms with E-state index < -0.39 is 5.97 Å².